The maximum absolute atomic E-state index is 11.5. The van der Waals surface area contributed by atoms with Crippen LogP contribution in [0.4, 0.5) is 5.69 Å². The van der Waals surface area contributed by atoms with Crippen molar-refractivity contribution in [2.24, 2.45) is 11.8 Å². The van der Waals surface area contributed by atoms with Gasteiger partial charge in [0.15, 0.2) is 9.84 Å². The Bertz CT molecular complexity index is 579. The zero-order chi connectivity index (χ0) is 14.3. The molecule has 1 heterocycles. The van der Waals surface area contributed by atoms with E-state index in [4.69, 9.17) is 0 Å². The summed E-state index contributed by atoms with van der Waals surface area (Å²) in [4.78, 5) is 2.91. The number of hydrogen-bond donors (Lipinski definition) is 0. The number of benzene rings is 1. The maximum Gasteiger partial charge on any atom is 0.175 e. The van der Waals surface area contributed by atoms with Gasteiger partial charge in [0, 0.05) is 24.5 Å². The van der Waals surface area contributed by atoms with Gasteiger partial charge in [0.25, 0.3) is 0 Å². The third kappa shape index (κ3) is 2.46. The van der Waals surface area contributed by atoms with Crippen molar-refractivity contribution >= 4 is 15.5 Å². The molecule has 3 nitrogen and oxygen atoms in total. The molecule has 0 amide bonds. The lowest BCUT2D eigenvalue weighted by Gasteiger charge is -2.33. The standard InChI is InChI=1S/C16H23NO2S/c1-12-11-17(16-6-4-3-5-15(12)16)13-7-9-14(10-8-13)20(2,18)19/h7-10,12,15-16H,3-6,11H2,1-2H3. The molecule has 4 heteroatoms. The molecule has 110 valence electrons. The Balaban J connectivity index is 1.86. The van der Waals surface area contributed by atoms with Crippen LogP contribution in [0.1, 0.15) is 32.6 Å². The van der Waals surface area contributed by atoms with Crippen LogP contribution in [0.5, 0.6) is 0 Å². The molecule has 0 bridgehead atoms. The molecular formula is C16H23NO2S. The van der Waals surface area contributed by atoms with Crippen molar-refractivity contribution in [3.63, 3.8) is 0 Å². The van der Waals surface area contributed by atoms with E-state index in [0.717, 1.165) is 18.4 Å². The predicted molar refractivity (Wildman–Crippen MR) is 81.8 cm³/mol. The minimum absolute atomic E-state index is 0.411. The van der Waals surface area contributed by atoms with E-state index in [1.807, 2.05) is 12.1 Å². The molecule has 3 rings (SSSR count). The summed E-state index contributed by atoms with van der Waals surface area (Å²) < 4.78 is 23.1. The lowest BCUT2D eigenvalue weighted by molar-refractivity contribution is 0.293. The van der Waals surface area contributed by atoms with Gasteiger partial charge < -0.3 is 4.90 Å². The topological polar surface area (TPSA) is 37.4 Å². The summed E-state index contributed by atoms with van der Waals surface area (Å²) in [6, 6.07) is 8.08. The average molecular weight is 293 g/mol. The number of anilines is 1. The smallest absolute Gasteiger partial charge is 0.175 e. The summed E-state index contributed by atoms with van der Waals surface area (Å²) in [5.41, 5.74) is 1.18. The molecule has 20 heavy (non-hydrogen) atoms. The van der Waals surface area contributed by atoms with Crippen molar-refractivity contribution in [1.82, 2.24) is 0 Å². The molecule has 0 radical (unpaired) electrons. The molecule has 1 aliphatic heterocycles. The lowest BCUT2D eigenvalue weighted by Crippen LogP contribution is -2.34. The Labute approximate surface area is 121 Å². The maximum atomic E-state index is 11.5. The molecule has 0 aromatic heterocycles. The van der Waals surface area contributed by atoms with Gasteiger partial charge in [-0.25, -0.2) is 8.42 Å². The number of fused-ring (bicyclic) bond motifs is 1. The Hall–Kier alpha value is -1.03. The fourth-order valence-corrected chi connectivity index (χ4v) is 4.58. The van der Waals surface area contributed by atoms with E-state index in [1.165, 1.54) is 37.6 Å². The first-order valence-corrected chi connectivity index (χ1v) is 9.43. The quantitative estimate of drug-likeness (QED) is 0.841. The van der Waals surface area contributed by atoms with Crippen LogP contribution in [0.3, 0.4) is 0 Å². The Kier molecular flexibility index (Phi) is 3.53. The molecule has 0 spiro atoms. The van der Waals surface area contributed by atoms with E-state index in [9.17, 15) is 8.42 Å². The summed E-state index contributed by atoms with van der Waals surface area (Å²) in [5.74, 6) is 1.56. The normalized spacial score (nSPS) is 30.3. The van der Waals surface area contributed by atoms with E-state index < -0.39 is 9.84 Å². The molecule has 3 atom stereocenters. The first-order chi connectivity index (χ1) is 9.47. The van der Waals surface area contributed by atoms with Crippen LogP contribution in [0.15, 0.2) is 29.2 Å². The molecule has 1 aromatic carbocycles. The molecule has 1 aromatic rings. The van der Waals surface area contributed by atoms with E-state index in [1.54, 1.807) is 12.1 Å². The van der Waals surface area contributed by atoms with Crippen LogP contribution in [0.25, 0.3) is 0 Å². The summed E-state index contributed by atoms with van der Waals surface area (Å²) in [7, 11) is -3.10. The van der Waals surface area contributed by atoms with E-state index >= 15 is 0 Å². The second kappa shape index (κ2) is 5.06. The van der Waals surface area contributed by atoms with Crippen molar-refractivity contribution in [2.45, 2.75) is 43.5 Å². The lowest BCUT2D eigenvalue weighted by atomic mass is 9.80. The van der Waals surface area contributed by atoms with Crippen LogP contribution < -0.4 is 4.90 Å². The second-order valence-corrected chi connectivity index (χ2v) is 8.43. The van der Waals surface area contributed by atoms with Gasteiger partial charge in [-0.2, -0.15) is 0 Å². The van der Waals surface area contributed by atoms with Gasteiger partial charge in [-0.05, 0) is 48.9 Å². The fourth-order valence-electron chi connectivity index (χ4n) is 3.95. The van der Waals surface area contributed by atoms with Gasteiger partial charge in [0.1, 0.15) is 0 Å². The molecule has 2 aliphatic rings. The molecule has 1 saturated carbocycles. The minimum atomic E-state index is -3.10. The zero-order valence-electron chi connectivity index (χ0n) is 12.2. The van der Waals surface area contributed by atoms with Crippen LogP contribution in [-0.2, 0) is 9.84 Å². The highest BCUT2D eigenvalue weighted by Crippen LogP contribution is 2.41. The highest BCUT2D eigenvalue weighted by atomic mass is 32.2. The number of nitrogens with zero attached hydrogens (tertiary/aromatic N) is 1. The van der Waals surface area contributed by atoms with Crippen molar-refractivity contribution in [2.75, 3.05) is 17.7 Å². The van der Waals surface area contributed by atoms with Gasteiger partial charge >= 0.3 is 0 Å². The van der Waals surface area contributed by atoms with Gasteiger partial charge in [-0.1, -0.05) is 19.8 Å². The average Bonchev–Trinajstić information content (AvgIpc) is 2.76. The zero-order valence-corrected chi connectivity index (χ0v) is 13.1. The fraction of sp³-hybridized carbons (Fsp3) is 0.625. The molecule has 2 fully saturated rings. The highest BCUT2D eigenvalue weighted by Gasteiger charge is 2.40. The Morgan fingerprint density at radius 3 is 2.40 bits per heavy atom. The first-order valence-electron chi connectivity index (χ1n) is 7.53. The van der Waals surface area contributed by atoms with Gasteiger partial charge in [0.05, 0.1) is 4.90 Å². The van der Waals surface area contributed by atoms with E-state index in [2.05, 4.69) is 11.8 Å². The van der Waals surface area contributed by atoms with Crippen molar-refractivity contribution in [3.05, 3.63) is 24.3 Å². The first kappa shape index (κ1) is 13.9. The number of hydrogen-bond acceptors (Lipinski definition) is 3. The summed E-state index contributed by atoms with van der Waals surface area (Å²) >= 11 is 0. The van der Waals surface area contributed by atoms with Crippen LogP contribution >= 0.6 is 0 Å². The second-order valence-electron chi connectivity index (χ2n) is 6.41. The monoisotopic (exact) mass is 293 g/mol. The van der Waals surface area contributed by atoms with Gasteiger partial charge in [-0.15, -0.1) is 0 Å². The Morgan fingerprint density at radius 2 is 1.75 bits per heavy atom. The summed E-state index contributed by atoms with van der Waals surface area (Å²) in [6.07, 6.45) is 6.59. The molecule has 1 aliphatic carbocycles. The third-order valence-corrected chi connectivity index (χ3v) is 6.12. The van der Waals surface area contributed by atoms with Crippen LogP contribution in [-0.4, -0.2) is 27.3 Å². The molecule has 3 unspecified atom stereocenters. The van der Waals surface area contributed by atoms with Gasteiger partial charge in [-0.3, -0.25) is 0 Å². The molecular weight excluding hydrogens is 270 g/mol. The van der Waals surface area contributed by atoms with E-state index in [0.29, 0.717) is 10.9 Å². The summed E-state index contributed by atoms with van der Waals surface area (Å²) in [5, 5.41) is 0. The van der Waals surface area contributed by atoms with E-state index in [-0.39, 0.29) is 0 Å². The molecule has 1 saturated heterocycles. The number of rotatable bonds is 2. The van der Waals surface area contributed by atoms with Crippen LogP contribution in [0.2, 0.25) is 0 Å². The Morgan fingerprint density at radius 1 is 1.10 bits per heavy atom. The highest BCUT2D eigenvalue weighted by molar-refractivity contribution is 7.90. The summed E-state index contributed by atoms with van der Waals surface area (Å²) in [6.45, 7) is 3.46. The SMILES string of the molecule is CC1CN(c2ccc(S(C)(=O)=O)cc2)C2CCCCC12. The van der Waals surface area contributed by atoms with Crippen molar-refractivity contribution in [3.8, 4) is 0 Å². The predicted octanol–water partition coefficient (Wildman–Crippen LogP) is 3.11. The van der Waals surface area contributed by atoms with Gasteiger partial charge in [0.2, 0.25) is 0 Å². The van der Waals surface area contributed by atoms with Crippen molar-refractivity contribution in [1.29, 1.82) is 0 Å². The largest absolute Gasteiger partial charge is 0.368 e. The molecule has 0 N–H and O–H groups in total. The third-order valence-electron chi connectivity index (χ3n) is 4.99. The van der Waals surface area contributed by atoms with Crippen molar-refractivity contribution < 1.29 is 8.42 Å². The number of sulfone groups is 1. The minimum Gasteiger partial charge on any atom is -0.368 e. The van der Waals surface area contributed by atoms with Crippen LogP contribution in [0, 0.1) is 11.8 Å².